The predicted molar refractivity (Wildman–Crippen MR) is 123 cm³/mol. The molecule has 34 heavy (non-hydrogen) atoms. The van der Waals surface area contributed by atoms with Crippen LogP contribution in [0, 0.1) is 6.92 Å². The second kappa shape index (κ2) is 9.53. The van der Waals surface area contributed by atoms with Gasteiger partial charge in [0.25, 0.3) is 5.56 Å². The van der Waals surface area contributed by atoms with E-state index in [9.17, 15) is 4.79 Å². The number of aromatic amines is 1. The lowest BCUT2D eigenvalue weighted by Crippen LogP contribution is -2.21. The molecular weight excluding hydrogens is 436 g/mol. The molecule has 0 bridgehead atoms. The van der Waals surface area contributed by atoms with E-state index in [1.54, 1.807) is 16.7 Å². The summed E-state index contributed by atoms with van der Waals surface area (Å²) in [5.41, 5.74) is 6.08. The van der Waals surface area contributed by atoms with Gasteiger partial charge in [0.2, 0.25) is 5.82 Å². The molecule has 0 amide bonds. The molecule has 0 saturated heterocycles. The van der Waals surface area contributed by atoms with Crippen molar-refractivity contribution in [3.8, 4) is 11.5 Å². The van der Waals surface area contributed by atoms with Gasteiger partial charge in [0.1, 0.15) is 18.1 Å². The Morgan fingerprint density at radius 1 is 1.09 bits per heavy atom. The zero-order valence-corrected chi connectivity index (χ0v) is 18.4. The highest BCUT2D eigenvalue weighted by atomic mass is 16.5. The second-order valence-electron chi connectivity index (χ2n) is 7.72. The van der Waals surface area contributed by atoms with Gasteiger partial charge < -0.3 is 14.0 Å². The molecule has 1 aliphatic rings. The summed E-state index contributed by atoms with van der Waals surface area (Å²) in [5, 5.41) is 22.3. The molecular formula is C23H22N8O3. The number of pyridine rings is 1. The van der Waals surface area contributed by atoms with Crippen molar-refractivity contribution in [3.05, 3.63) is 87.6 Å². The van der Waals surface area contributed by atoms with Crippen LogP contribution in [0.4, 0.5) is 0 Å². The monoisotopic (exact) mass is 458 g/mol. The molecule has 11 nitrogen and oxygen atoms in total. The van der Waals surface area contributed by atoms with Crippen molar-refractivity contribution < 1.29 is 9.47 Å². The van der Waals surface area contributed by atoms with Gasteiger partial charge in [0.05, 0.1) is 24.3 Å². The smallest absolute Gasteiger partial charge is 0.251 e. The van der Waals surface area contributed by atoms with Crippen molar-refractivity contribution in [2.45, 2.75) is 20.1 Å². The Morgan fingerprint density at radius 2 is 1.97 bits per heavy atom. The van der Waals surface area contributed by atoms with Crippen molar-refractivity contribution in [2.24, 2.45) is 10.3 Å². The van der Waals surface area contributed by atoms with Gasteiger partial charge in [-0.15, -0.1) is 10.2 Å². The molecule has 0 atom stereocenters. The van der Waals surface area contributed by atoms with Gasteiger partial charge >= 0.3 is 0 Å². The Hall–Kier alpha value is -4.54. The summed E-state index contributed by atoms with van der Waals surface area (Å²) in [4.78, 5) is 13.0. The summed E-state index contributed by atoms with van der Waals surface area (Å²) in [6.07, 6.45) is 1.91. The maximum absolute atomic E-state index is 13.0. The third-order valence-electron chi connectivity index (χ3n) is 5.35. The van der Waals surface area contributed by atoms with Crippen LogP contribution in [0.5, 0.6) is 11.5 Å². The first-order valence-corrected chi connectivity index (χ1v) is 10.7. The van der Waals surface area contributed by atoms with Gasteiger partial charge in [-0.1, -0.05) is 40.8 Å². The number of fused-ring (bicyclic) bond motifs is 1. The number of H-pyrrole nitrogens is 1. The topological polar surface area (TPSA) is 132 Å². The summed E-state index contributed by atoms with van der Waals surface area (Å²) in [6.45, 7) is 3.19. The van der Waals surface area contributed by atoms with E-state index in [1.807, 2.05) is 49.4 Å². The number of aromatic nitrogens is 5. The van der Waals surface area contributed by atoms with Gasteiger partial charge in [-0.3, -0.25) is 10.2 Å². The fourth-order valence-corrected chi connectivity index (χ4v) is 3.74. The number of aryl methyl sites for hydroxylation is 1. The summed E-state index contributed by atoms with van der Waals surface area (Å²) in [7, 11) is 0. The highest BCUT2D eigenvalue weighted by molar-refractivity contribution is 5.90. The third-order valence-corrected chi connectivity index (χ3v) is 5.35. The van der Waals surface area contributed by atoms with Crippen molar-refractivity contribution >= 4 is 10.9 Å². The fourth-order valence-electron chi connectivity index (χ4n) is 3.74. The summed E-state index contributed by atoms with van der Waals surface area (Å²) in [6, 6.07) is 15.1. The van der Waals surface area contributed by atoms with E-state index in [1.165, 1.54) is 0 Å². The van der Waals surface area contributed by atoms with Crippen LogP contribution in [-0.4, -0.2) is 38.3 Å². The predicted octanol–water partition coefficient (Wildman–Crippen LogP) is 2.68. The van der Waals surface area contributed by atoms with Gasteiger partial charge in [-0.25, -0.2) is 0 Å². The number of nitrogens with one attached hydrogen (secondary N) is 2. The number of hydrogen-bond donors (Lipinski definition) is 2. The van der Waals surface area contributed by atoms with Gasteiger partial charge in [0, 0.05) is 23.6 Å². The summed E-state index contributed by atoms with van der Waals surface area (Å²) >= 11 is 0. The molecule has 2 aromatic heterocycles. The maximum Gasteiger partial charge on any atom is 0.251 e. The van der Waals surface area contributed by atoms with E-state index in [2.05, 4.69) is 36.4 Å². The van der Waals surface area contributed by atoms with Crippen LogP contribution in [0.2, 0.25) is 0 Å². The first-order valence-electron chi connectivity index (χ1n) is 10.7. The molecule has 0 fully saturated rings. The van der Waals surface area contributed by atoms with Gasteiger partial charge in [-0.2, -0.15) is 10.3 Å². The number of hydrogen-bond acceptors (Lipinski definition) is 9. The van der Waals surface area contributed by atoms with Crippen LogP contribution in [0.15, 0.2) is 75.4 Å². The van der Waals surface area contributed by atoms with Crippen LogP contribution >= 0.6 is 0 Å². The molecule has 11 heteroatoms. The van der Waals surface area contributed by atoms with Crippen molar-refractivity contribution in [1.82, 2.24) is 30.6 Å². The molecule has 1 aliphatic heterocycles. The van der Waals surface area contributed by atoms with E-state index in [0.29, 0.717) is 35.9 Å². The molecule has 0 spiro atoms. The molecule has 3 heterocycles. The van der Waals surface area contributed by atoms with Crippen molar-refractivity contribution in [2.75, 3.05) is 13.2 Å². The number of nitrogens with zero attached hydrogens (tertiary/aromatic N) is 6. The molecule has 2 aromatic carbocycles. The SMILES string of the molecule is Cc1cc(=O)n(Cc2ccccc2)c2cc(OCc3nn[nH]n3)cc(OCC3=CCN=NN3)c12. The highest BCUT2D eigenvalue weighted by Gasteiger charge is 2.16. The average molecular weight is 458 g/mol. The van der Waals surface area contributed by atoms with Gasteiger partial charge in [-0.05, 0) is 24.1 Å². The molecule has 0 saturated carbocycles. The quantitative estimate of drug-likeness (QED) is 0.415. The Labute approximate surface area is 194 Å². The molecule has 5 rings (SSSR count). The van der Waals surface area contributed by atoms with E-state index in [4.69, 9.17) is 9.47 Å². The lowest BCUT2D eigenvalue weighted by Gasteiger charge is -2.18. The molecule has 0 unspecified atom stereocenters. The molecule has 2 N–H and O–H groups in total. The molecule has 4 aromatic rings. The lowest BCUT2D eigenvalue weighted by molar-refractivity contribution is 0.292. The van der Waals surface area contributed by atoms with Crippen molar-refractivity contribution in [3.63, 3.8) is 0 Å². The normalized spacial score (nSPS) is 12.9. The van der Waals surface area contributed by atoms with Crippen LogP contribution in [0.3, 0.4) is 0 Å². The fraction of sp³-hybridized carbons (Fsp3) is 0.217. The van der Waals surface area contributed by atoms with Crippen LogP contribution in [0.25, 0.3) is 10.9 Å². The van der Waals surface area contributed by atoms with E-state index >= 15 is 0 Å². The zero-order valence-electron chi connectivity index (χ0n) is 18.4. The van der Waals surface area contributed by atoms with E-state index in [0.717, 1.165) is 22.2 Å². The summed E-state index contributed by atoms with van der Waals surface area (Å²) in [5.74, 6) is 1.52. The first kappa shape index (κ1) is 21.3. The number of ether oxygens (including phenoxy) is 2. The second-order valence-corrected chi connectivity index (χ2v) is 7.72. The highest BCUT2D eigenvalue weighted by Crippen LogP contribution is 2.34. The number of benzene rings is 2. The standard InChI is InChI=1S/C23H22N8O3/c1-15-9-22(32)31(12-16-5-3-2-4-6-16)19-10-18(33-14-21-26-29-30-27-21)11-20(23(15)19)34-13-17-7-8-24-28-25-17/h2-7,9-11H,8,12-14H2,1H3,(H,24,25)(H,26,27,29,30). The third kappa shape index (κ3) is 4.63. The van der Waals surface area contributed by atoms with E-state index in [-0.39, 0.29) is 18.8 Å². The van der Waals surface area contributed by atoms with Crippen LogP contribution < -0.4 is 20.5 Å². The Kier molecular flexibility index (Phi) is 5.97. The van der Waals surface area contributed by atoms with Crippen LogP contribution in [0.1, 0.15) is 17.0 Å². The minimum Gasteiger partial charge on any atom is -0.486 e. The minimum absolute atomic E-state index is 0.104. The minimum atomic E-state index is -0.104. The molecule has 0 aliphatic carbocycles. The van der Waals surface area contributed by atoms with Gasteiger partial charge in [0.15, 0.2) is 6.61 Å². The van der Waals surface area contributed by atoms with E-state index < -0.39 is 0 Å². The summed E-state index contributed by atoms with van der Waals surface area (Å²) < 4.78 is 13.8. The molecule has 172 valence electrons. The van der Waals surface area contributed by atoms with Crippen molar-refractivity contribution in [1.29, 1.82) is 0 Å². The Morgan fingerprint density at radius 3 is 2.74 bits per heavy atom. The largest absolute Gasteiger partial charge is 0.486 e. The number of rotatable bonds is 8. The molecule has 0 radical (unpaired) electrons. The maximum atomic E-state index is 13.0. The number of tetrazole rings is 1. The Balaban J connectivity index is 1.57. The average Bonchev–Trinajstić information content (AvgIpc) is 3.39. The Bertz CT molecular complexity index is 1410. The first-order chi connectivity index (χ1) is 16.7. The lowest BCUT2D eigenvalue weighted by atomic mass is 10.1. The van der Waals surface area contributed by atoms with Crippen LogP contribution in [-0.2, 0) is 13.2 Å². The zero-order chi connectivity index (χ0) is 23.3.